The van der Waals surface area contributed by atoms with E-state index in [1.54, 1.807) is 6.92 Å². The summed E-state index contributed by atoms with van der Waals surface area (Å²) in [5.74, 6) is 0.252. The third kappa shape index (κ3) is 5.32. The van der Waals surface area contributed by atoms with Crippen LogP contribution in [0.4, 0.5) is 23.8 Å². The Balaban J connectivity index is 2.05. The lowest BCUT2D eigenvalue weighted by atomic mass is 10.0. The Morgan fingerprint density at radius 2 is 1.85 bits per heavy atom. The zero-order valence-corrected chi connectivity index (χ0v) is 19.4. The summed E-state index contributed by atoms with van der Waals surface area (Å²) in [4.78, 5) is 25.5. The van der Waals surface area contributed by atoms with Crippen molar-refractivity contribution in [3.05, 3.63) is 29.2 Å². The highest BCUT2D eigenvalue weighted by Crippen LogP contribution is 2.38. The number of ether oxygens (including phenoxy) is 2. The second kappa shape index (κ2) is 10.4. The SMILES string of the molecule is CCO[C@H]1CN(C(=O)O)C[C@H]1Nc1nc(CC)c(-c2ccc(OC)nc2C(F)(F)F)nc1CC. The molecule has 1 fully saturated rings. The predicted molar refractivity (Wildman–Crippen MR) is 118 cm³/mol. The lowest BCUT2D eigenvalue weighted by Gasteiger charge is -2.22. The number of rotatable bonds is 8. The summed E-state index contributed by atoms with van der Waals surface area (Å²) in [6.07, 6.45) is -5.43. The first kappa shape index (κ1) is 25.5. The zero-order chi connectivity index (χ0) is 25.0. The number of likely N-dealkylation sites (tertiary alicyclic amines) is 1. The van der Waals surface area contributed by atoms with Crippen LogP contribution >= 0.6 is 0 Å². The molecule has 0 radical (unpaired) electrons. The van der Waals surface area contributed by atoms with E-state index in [0.717, 1.165) is 0 Å². The van der Waals surface area contributed by atoms with E-state index in [1.807, 2.05) is 13.8 Å². The molecule has 0 aliphatic carbocycles. The van der Waals surface area contributed by atoms with E-state index in [4.69, 9.17) is 9.47 Å². The van der Waals surface area contributed by atoms with Crippen LogP contribution in [0.25, 0.3) is 11.3 Å². The highest BCUT2D eigenvalue weighted by molar-refractivity contribution is 5.68. The first-order chi connectivity index (χ1) is 16.1. The lowest BCUT2D eigenvalue weighted by Crippen LogP contribution is -2.35. The largest absolute Gasteiger partial charge is 0.481 e. The van der Waals surface area contributed by atoms with Crippen LogP contribution in [-0.2, 0) is 23.8 Å². The van der Waals surface area contributed by atoms with Crippen LogP contribution in [0.5, 0.6) is 5.88 Å². The number of carbonyl (C=O) groups is 1. The monoisotopic (exact) mass is 483 g/mol. The fraction of sp³-hybridized carbons (Fsp3) is 0.545. The minimum Gasteiger partial charge on any atom is -0.481 e. The molecule has 3 heterocycles. The Labute approximate surface area is 195 Å². The molecular weight excluding hydrogens is 455 g/mol. The minimum absolute atomic E-state index is 0.104. The maximum Gasteiger partial charge on any atom is 0.434 e. The second-order valence-corrected chi connectivity index (χ2v) is 7.70. The third-order valence-electron chi connectivity index (χ3n) is 5.55. The molecule has 0 unspecified atom stereocenters. The lowest BCUT2D eigenvalue weighted by molar-refractivity contribution is -0.140. The summed E-state index contributed by atoms with van der Waals surface area (Å²) in [5, 5.41) is 12.6. The van der Waals surface area contributed by atoms with Crippen LogP contribution in [0.2, 0.25) is 0 Å². The number of methoxy groups -OCH3 is 1. The summed E-state index contributed by atoms with van der Waals surface area (Å²) >= 11 is 0. The molecule has 2 aromatic rings. The van der Waals surface area contributed by atoms with Gasteiger partial charge >= 0.3 is 12.3 Å². The average molecular weight is 483 g/mol. The number of pyridine rings is 1. The van der Waals surface area contributed by atoms with Gasteiger partial charge in [-0.05, 0) is 25.8 Å². The molecule has 1 saturated heterocycles. The van der Waals surface area contributed by atoms with Gasteiger partial charge in [-0.3, -0.25) is 0 Å². The third-order valence-corrected chi connectivity index (χ3v) is 5.55. The van der Waals surface area contributed by atoms with Crippen molar-refractivity contribution in [3.63, 3.8) is 0 Å². The number of halogens is 3. The fourth-order valence-corrected chi connectivity index (χ4v) is 3.92. The van der Waals surface area contributed by atoms with Gasteiger partial charge in [-0.25, -0.2) is 19.7 Å². The first-order valence-corrected chi connectivity index (χ1v) is 11.0. The fourth-order valence-electron chi connectivity index (χ4n) is 3.92. The van der Waals surface area contributed by atoms with Gasteiger partial charge in [0.1, 0.15) is 5.82 Å². The van der Waals surface area contributed by atoms with Gasteiger partial charge in [0.2, 0.25) is 5.88 Å². The van der Waals surface area contributed by atoms with Crippen molar-refractivity contribution in [2.45, 2.75) is 51.9 Å². The van der Waals surface area contributed by atoms with E-state index in [1.165, 1.54) is 24.1 Å². The Morgan fingerprint density at radius 1 is 1.15 bits per heavy atom. The molecule has 9 nitrogen and oxygen atoms in total. The number of anilines is 1. The number of amides is 1. The maximum absolute atomic E-state index is 13.8. The van der Waals surface area contributed by atoms with Crippen molar-refractivity contribution in [1.82, 2.24) is 19.9 Å². The van der Waals surface area contributed by atoms with Gasteiger partial charge in [-0.1, -0.05) is 13.8 Å². The van der Waals surface area contributed by atoms with E-state index in [0.29, 0.717) is 36.7 Å². The highest BCUT2D eigenvalue weighted by Gasteiger charge is 2.38. The summed E-state index contributed by atoms with van der Waals surface area (Å²) < 4.78 is 52.0. The normalized spacial score (nSPS) is 18.3. The number of hydrogen-bond donors (Lipinski definition) is 2. The van der Waals surface area contributed by atoms with E-state index >= 15 is 0 Å². The number of hydrogen-bond acceptors (Lipinski definition) is 7. The zero-order valence-electron chi connectivity index (χ0n) is 19.4. The molecule has 3 rings (SSSR count). The summed E-state index contributed by atoms with van der Waals surface area (Å²) in [7, 11) is 1.25. The van der Waals surface area contributed by atoms with Gasteiger partial charge in [0.15, 0.2) is 5.69 Å². The average Bonchev–Trinajstić information content (AvgIpc) is 3.20. The molecule has 0 saturated carbocycles. The number of aryl methyl sites for hydroxylation is 2. The Kier molecular flexibility index (Phi) is 7.80. The van der Waals surface area contributed by atoms with Crippen LogP contribution in [-0.4, -0.2) is 70.0 Å². The Morgan fingerprint density at radius 3 is 2.41 bits per heavy atom. The molecule has 2 atom stereocenters. The predicted octanol–water partition coefficient (Wildman–Crippen LogP) is 3.87. The van der Waals surface area contributed by atoms with Crippen molar-refractivity contribution in [2.24, 2.45) is 0 Å². The maximum atomic E-state index is 13.8. The standard InChI is InChI=1S/C22H28F3N5O4/c1-5-13-18(12-8-9-17(33-4)29-19(12)22(23,24)25)26-14(6-2)20(27-13)28-15-10-30(21(31)32)11-16(15)34-7-3/h8-9,15-16H,5-7,10-11H2,1-4H3,(H,27,28)(H,31,32)/t15-,16+/m1/s1. The van der Waals surface area contributed by atoms with Crippen molar-refractivity contribution in [3.8, 4) is 17.1 Å². The van der Waals surface area contributed by atoms with Crippen LogP contribution in [0.1, 0.15) is 37.9 Å². The number of alkyl halides is 3. The van der Waals surface area contributed by atoms with E-state index < -0.39 is 18.0 Å². The van der Waals surface area contributed by atoms with E-state index in [2.05, 4.69) is 20.3 Å². The molecule has 1 aliphatic heterocycles. The molecule has 12 heteroatoms. The molecule has 1 aliphatic rings. The van der Waals surface area contributed by atoms with Crippen molar-refractivity contribution in [2.75, 3.05) is 32.1 Å². The molecule has 2 aromatic heterocycles. The van der Waals surface area contributed by atoms with Gasteiger partial charge in [-0.2, -0.15) is 13.2 Å². The molecule has 0 aromatic carbocycles. The van der Waals surface area contributed by atoms with Crippen molar-refractivity contribution < 1.29 is 32.5 Å². The number of carboxylic acid groups (broad SMARTS) is 1. The van der Waals surface area contributed by atoms with Crippen LogP contribution < -0.4 is 10.1 Å². The van der Waals surface area contributed by atoms with Crippen molar-refractivity contribution in [1.29, 1.82) is 0 Å². The van der Waals surface area contributed by atoms with Crippen molar-refractivity contribution >= 4 is 11.9 Å². The number of nitrogens with zero attached hydrogens (tertiary/aromatic N) is 4. The molecule has 0 spiro atoms. The van der Waals surface area contributed by atoms with E-state index in [9.17, 15) is 23.1 Å². The van der Waals surface area contributed by atoms with Crippen LogP contribution in [0.3, 0.4) is 0 Å². The minimum atomic E-state index is -4.71. The Bertz CT molecular complexity index is 1030. The molecule has 186 valence electrons. The first-order valence-electron chi connectivity index (χ1n) is 11.0. The quantitative estimate of drug-likeness (QED) is 0.582. The van der Waals surface area contributed by atoms with Crippen LogP contribution in [0.15, 0.2) is 12.1 Å². The summed E-state index contributed by atoms with van der Waals surface area (Å²) in [6, 6.07) is 2.27. The van der Waals surface area contributed by atoms with Gasteiger partial charge in [0.25, 0.3) is 0 Å². The summed E-state index contributed by atoms with van der Waals surface area (Å²) in [5.41, 5.74) is -0.349. The molecular formula is C22H28F3N5O4. The second-order valence-electron chi connectivity index (χ2n) is 7.70. The molecule has 1 amide bonds. The van der Waals surface area contributed by atoms with Gasteiger partial charge < -0.3 is 24.8 Å². The molecule has 0 bridgehead atoms. The van der Waals surface area contributed by atoms with Gasteiger partial charge in [-0.15, -0.1) is 0 Å². The highest BCUT2D eigenvalue weighted by atomic mass is 19.4. The molecule has 34 heavy (non-hydrogen) atoms. The summed E-state index contributed by atoms with van der Waals surface area (Å²) in [6.45, 7) is 6.22. The number of nitrogens with one attached hydrogen (secondary N) is 1. The van der Waals surface area contributed by atoms with Gasteiger partial charge in [0, 0.05) is 24.8 Å². The Hall–Kier alpha value is -3.15. The topological polar surface area (TPSA) is 110 Å². The smallest absolute Gasteiger partial charge is 0.434 e. The van der Waals surface area contributed by atoms with E-state index in [-0.39, 0.29) is 42.4 Å². The number of aromatic nitrogens is 3. The van der Waals surface area contributed by atoms with Gasteiger partial charge in [0.05, 0.1) is 42.9 Å². The molecule has 2 N–H and O–H groups in total. The van der Waals surface area contributed by atoms with Crippen LogP contribution in [0, 0.1) is 0 Å².